The molecule has 2 atom stereocenters. The van der Waals surface area contributed by atoms with E-state index in [-0.39, 0.29) is 11.4 Å². The zero-order chi connectivity index (χ0) is 14.5. The van der Waals surface area contributed by atoms with Gasteiger partial charge < -0.3 is 15.7 Å². The smallest absolute Gasteiger partial charge is 0.240 e. The van der Waals surface area contributed by atoms with Crippen LogP contribution in [-0.4, -0.2) is 33.7 Å². The maximum absolute atomic E-state index is 12.0. The molecular weight excluding hydrogens is 286 g/mol. The number of aliphatic hydroxyl groups is 1. The molecule has 4 bridgehead atoms. The molecule has 0 saturated heterocycles. The molecule has 1 aromatic rings. The molecule has 2 unspecified atom stereocenters. The van der Waals surface area contributed by atoms with Gasteiger partial charge in [-0.1, -0.05) is 0 Å². The third kappa shape index (κ3) is 2.60. The maximum atomic E-state index is 12.0. The lowest BCUT2D eigenvalue weighted by molar-refractivity contribution is -0.144. The van der Waals surface area contributed by atoms with Crippen LogP contribution in [0.2, 0.25) is 0 Å². The summed E-state index contributed by atoms with van der Waals surface area (Å²) in [6.07, 6.45) is 7.88. The highest BCUT2D eigenvalue weighted by molar-refractivity contribution is 7.13. The van der Waals surface area contributed by atoms with Crippen LogP contribution in [-0.2, 0) is 4.79 Å². The first-order valence-electron chi connectivity index (χ1n) is 7.71. The van der Waals surface area contributed by atoms with E-state index >= 15 is 0 Å². The number of aromatic nitrogens is 1. The summed E-state index contributed by atoms with van der Waals surface area (Å²) in [7, 11) is 0. The van der Waals surface area contributed by atoms with Crippen molar-refractivity contribution in [2.24, 2.45) is 11.8 Å². The Morgan fingerprint density at radius 3 is 2.76 bits per heavy atom. The Labute approximate surface area is 128 Å². The van der Waals surface area contributed by atoms with Crippen LogP contribution in [0.5, 0.6) is 0 Å². The van der Waals surface area contributed by atoms with Crippen molar-refractivity contribution in [2.75, 3.05) is 11.9 Å². The van der Waals surface area contributed by atoms with Crippen molar-refractivity contribution in [3.63, 3.8) is 0 Å². The summed E-state index contributed by atoms with van der Waals surface area (Å²) in [4.78, 5) is 16.1. The van der Waals surface area contributed by atoms with Gasteiger partial charge in [0, 0.05) is 17.1 Å². The molecule has 0 spiro atoms. The Morgan fingerprint density at radius 1 is 1.38 bits per heavy atom. The fourth-order valence-corrected chi connectivity index (χ4v) is 5.68. The molecule has 114 valence electrons. The maximum Gasteiger partial charge on any atom is 0.240 e. The minimum absolute atomic E-state index is 0.0287. The second-order valence-electron chi connectivity index (χ2n) is 7.20. The van der Waals surface area contributed by atoms with Gasteiger partial charge in [-0.05, 0) is 50.4 Å². The van der Waals surface area contributed by atoms with Crippen LogP contribution >= 0.6 is 11.3 Å². The molecule has 6 heteroatoms. The molecule has 5 nitrogen and oxygen atoms in total. The summed E-state index contributed by atoms with van der Waals surface area (Å²) in [6, 6.07) is 0. The average molecular weight is 307 g/mol. The quantitative estimate of drug-likeness (QED) is 0.792. The Bertz CT molecular complexity index is 531. The molecule has 4 aliphatic rings. The summed E-state index contributed by atoms with van der Waals surface area (Å²) < 4.78 is 0. The third-order valence-electron chi connectivity index (χ3n) is 5.33. The van der Waals surface area contributed by atoms with Crippen LogP contribution in [0.4, 0.5) is 5.13 Å². The van der Waals surface area contributed by atoms with Gasteiger partial charge in [-0.25, -0.2) is 4.98 Å². The Morgan fingerprint density at radius 2 is 2.14 bits per heavy atom. The highest BCUT2D eigenvalue weighted by atomic mass is 32.1. The molecule has 4 aliphatic carbocycles. The monoisotopic (exact) mass is 307 g/mol. The third-order valence-corrected chi connectivity index (χ3v) is 6.02. The minimum Gasteiger partial charge on any atom is -0.390 e. The number of carbonyl (C=O) groups is 1. The lowest BCUT2D eigenvalue weighted by Crippen LogP contribution is -2.65. The molecule has 1 amide bonds. The number of thiazole rings is 1. The van der Waals surface area contributed by atoms with Crippen LogP contribution in [0.25, 0.3) is 0 Å². The van der Waals surface area contributed by atoms with Crippen molar-refractivity contribution >= 4 is 22.4 Å². The number of rotatable bonds is 4. The van der Waals surface area contributed by atoms with E-state index in [0.717, 1.165) is 32.1 Å². The van der Waals surface area contributed by atoms with Crippen molar-refractivity contribution in [3.05, 3.63) is 11.6 Å². The van der Waals surface area contributed by atoms with Crippen molar-refractivity contribution < 1.29 is 9.90 Å². The molecule has 0 radical (unpaired) electrons. The molecule has 3 N–H and O–H groups in total. The molecule has 0 aromatic carbocycles. The van der Waals surface area contributed by atoms with Crippen molar-refractivity contribution in [2.45, 2.75) is 49.7 Å². The number of hydrogen-bond donors (Lipinski definition) is 3. The summed E-state index contributed by atoms with van der Waals surface area (Å²) in [6.45, 7) is 0.301. The first-order chi connectivity index (χ1) is 10.0. The number of hydrogen-bond acceptors (Lipinski definition) is 5. The molecule has 4 fully saturated rings. The number of amides is 1. The van der Waals surface area contributed by atoms with Crippen LogP contribution < -0.4 is 10.6 Å². The topological polar surface area (TPSA) is 74.2 Å². The van der Waals surface area contributed by atoms with E-state index in [9.17, 15) is 9.90 Å². The van der Waals surface area contributed by atoms with Crippen LogP contribution in [0.3, 0.4) is 0 Å². The van der Waals surface area contributed by atoms with Crippen LogP contribution in [0, 0.1) is 11.8 Å². The average Bonchev–Trinajstić information content (AvgIpc) is 2.86. The predicted octanol–water partition coefficient (Wildman–Crippen LogP) is 1.75. The number of nitrogens with one attached hydrogen (secondary N) is 2. The summed E-state index contributed by atoms with van der Waals surface area (Å²) in [5.74, 6) is 1.21. The van der Waals surface area contributed by atoms with E-state index < -0.39 is 5.60 Å². The Hall–Kier alpha value is -0.980. The van der Waals surface area contributed by atoms with Gasteiger partial charge in [-0.3, -0.25) is 4.79 Å². The summed E-state index contributed by atoms with van der Waals surface area (Å²) in [5.41, 5.74) is -0.512. The van der Waals surface area contributed by atoms with E-state index in [1.807, 2.05) is 5.38 Å². The zero-order valence-electron chi connectivity index (χ0n) is 12.0. The fourth-order valence-electron chi connectivity index (χ4n) is 5.14. The van der Waals surface area contributed by atoms with Gasteiger partial charge in [-0.2, -0.15) is 0 Å². The van der Waals surface area contributed by atoms with Crippen LogP contribution in [0.15, 0.2) is 11.6 Å². The number of nitrogens with zero attached hydrogens (tertiary/aromatic N) is 1. The van der Waals surface area contributed by atoms with Gasteiger partial charge in [-0.15, -0.1) is 11.3 Å². The van der Waals surface area contributed by atoms with Gasteiger partial charge in [0.25, 0.3) is 0 Å². The SMILES string of the molecule is O=C(CNC12CC3CC(CC(O)(C3)C1)C2)Nc1nccs1. The van der Waals surface area contributed by atoms with Gasteiger partial charge >= 0.3 is 0 Å². The highest BCUT2D eigenvalue weighted by Crippen LogP contribution is 2.57. The molecule has 0 aliphatic heterocycles. The standard InChI is InChI=1S/C15H21N3O2S/c19-12(18-13-16-1-2-21-13)8-17-14-4-10-3-11(5-14)7-15(20,6-10)9-14/h1-2,10-11,17,20H,3-9H2,(H,16,18,19). The van der Waals surface area contributed by atoms with E-state index in [0.29, 0.717) is 23.5 Å². The van der Waals surface area contributed by atoms with E-state index in [1.54, 1.807) is 6.20 Å². The predicted molar refractivity (Wildman–Crippen MR) is 81.1 cm³/mol. The van der Waals surface area contributed by atoms with Crippen LogP contribution in [0.1, 0.15) is 38.5 Å². The highest BCUT2D eigenvalue weighted by Gasteiger charge is 2.56. The molecule has 21 heavy (non-hydrogen) atoms. The van der Waals surface area contributed by atoms with Crippen molar-refractivity contribution in [1.82, 2.24) is 10.3 Å². The molecule has 1 aromatic heterocycles. The van der Waals surface area contributed by atoms with Crippen molar-refractivity contribution in [1.29, 1.82) is 0 Å². The second kappa shape index (κ2) is 4.76. The van der Waals surface area contributed by atoms with Gasteiger partial charge in [0.15, 0.2) is 5.13 Å². The Kier molecular flexibility index (Phi) is 3.10. The summed E-state index contributed by atoms with van der Waals surface area (Å²) in [5, 5.41) is 19.5. The van der Waals surface area contributed by atoms with Gasteiger partial charge in [0.2, 0.25) is 5.91 Å². The first-order valence-corrected chi connectivity index (χ1v) is 8.59. The lowest BCUT2D eigenvalue weighted by atomic mass is 9.51. The normalized spacial score (nSPS) is 40.4. The fraction of sp³-hybridized carbons (Fsp3) is 0.733. The van der Waals surface area contributed by atoms with E-state index in [1.165, 1.54) is 17.8 Å². The first kappa shape index (κ1) is 13.7. The Balaban J connectivity index is 1.39. The lowest BCUT2D eigenvalue weighted by Gasteiger charge is -2.60. The summed E-state index contributed by atoms with van der Waals surface area (Å²) >= 11 is 1.43. The number of carbonyl (C=O) groups excluding carboxylic acids is 1. The molecule has 4 saturated carbocycles. The molecular formula is C15H21N3O2S. The zero-order valence-corrected chi connectivity index (χ0v) is 12.8. The van der Waals surface area contributed by atoms with Gasteiger partial charge in [0.05, 0.1) is 12.1 Å². The largest absolute Gasteiger partial charge is 0.390 e. The van der Waals surface area contributed by atoms with Gasteiger partial charge in [0.1, 0.15) is 0 Å². The van der Waals surface area contributed by atoms with E-state index in [4.69, 9.17) is 0 Å². The van der Waals surface area contributed by atoms with E-state index in [2.05, 4.69) is 15.6 Å². The molecule has 5 rings (SSSR count). The second-order valence-corrected chi connectivity index (χ2v) is 8.10. The number of anilines is 1. The minimum atomic E-state index is -0.483. The molecule has 1 heterocycles. The van der Waals surface area contributed by atoms with Crippen molar-refractivity contribution in [3.8, 4) is 0 Å².